The third-order valence-corrected chi connectivity index (χ3v) is 5.27. The van der Waals surface area contributed by atoms with Gasteiger partial charge in [0.1, 0.15) is 5.58 Å². The Labute approximate surface area is 169 Å². The number of ether oxygens (including phenoxy) is 1. The Bertz CT molecular complexity index is 1040. The van der Waals surface area contributed by atoms with Crippen LogP contribution < -0.4 is 10.7 Å². The zero-order chi connectivity index (χ0) is 20.2. The first-order valence-electron chi connectivity index (χ1n) is 9.84. The van der Waals surface area contributed by atoms with Crippen LogP contribution in [0.3, 0.4) is 0 Å². The highest BCUT2D eigenvalue weighted by Gasteiger charge is 2.29. The summed E-state index contributed by atoms with van der Waals surface area (Å²) in [5, 5.41) is 3.50. The van der Waals surface area contributed by atoms with Crippen LogP contribution in [-0.4, -0.2) is 43.2 Å². The molecule has 4 rings (SSSR count). The fourth-order valence-electron chi connectivity index (χ4n) is 3.89. The van der Waals surface area contributed by atoms with E-state index in [-0.39, 0.29) is 23.3 Å². The molecule has 0 bridgehead atoms. The molecule has 1 fully saturated rings. The van der Waals surface area contributed by atoms with Crippen LogP contribution in [0.1, 0.15) is 29.1 Å². The van der Waals surface area contributed by atoms with Crippen molar-refractivity contribution in [1.29, 1.82) is 0 Å². The molecule has 0 aliphatic carbocycles. The van der Waals surface area contributed by atoms with Crippen LogP contribution in [0.2, 0.25) is 0 Å². The van der Waals surface area contributed by atoms with Gasteiger partial charge in [0.25, 0.3) is 5.91 Å². The number of nitrogens with one attached hydrogen (secondary N) is 1. The molecular weight excluding hydrogens is 368 g/mol. The van der Waals surface area contributed by atoms with Crippen LogP contribution >= 0.6 is 0 Å². The predicted molar refractivity (Wildman–Crippen MR) is 111 cm³/mol. The molecule has 2 heterocycles. The lowest BCUT2D eigenvalue weighted by Crippen LogP contribution is -2.48. The minimum absolute atomic E-state index is 0.00349. The van der Waals surface area contributed by atoms with Crippen LogP contribution in [-0.2, 0) is 4.74 Å². The number of fused-ring (bicyclic) bond motifs is 1. The van der Waals surface area contributed by atoms with Crippen LogP contribution in [0, 0.1) is 0 Å². The summed E-state index contributed by atoms with van der Waals surface area (Å²) < 4.78 is 11.2. The van der Waals surface area contributed by atoms with Crippen LogP contribution in [0.4, 0.5) is 0 Å². The number of amides is 1. The predicted octanol–water partition coefficient (Wildman–Crippen LogP) is 2.98. The first kappa shape index (κ1) is 19.4. The van der Waals surface area contributed by atoms with E-state index in [1.807, 2.05) is 25.1 Å². The van der Waals surface area contributed by atoms with Gasteiger partial charge in [-0.2, -0.15) is 0 Å². The molecule has 1 aliphatic rings. The molecule has 1 saturated heterocycles. The van der Waals surface area contributed by atoms with E-state index in [2.05, 4.69) is 22.3 Å². The molecule has 0 saturated carbocycles. The Balaban J connectivity index is 1.59. The molecular formula is C23H24N2O4. The topological polar surface area (TPSA) is 71.8 Å². The maximum absolute atomic E-state index is 12.9. The Hall–Kier alpha value is -2.96. The zero-order valence-electron chi connectivity index (χ0n) is 16.3. The van der Waals surface area contributed by atoms with Crippen LogP contribution in [0.25, 0.3) is 11.0 Å². The second kappa shape index (κ2) is 8.59. The highest BCUT2D eigenvalue weighted by Crippen LogP contribution is 2.25. The summed E-state index contributed by atoms with van der Waals surface area (Å²) in [5.74, 6) is -0.371. The minimum Gasteiger partial charge on any atom is -0.451 e. The lowest BCUT2D eigenvalue weighted by molar-refractivity contribution is 0.00878. The third kappa shape index (κ3) is 4.23. The number of benzene rings is 2. The van der Waals surface area contributed by atoms with Crippen LogP contribution in [0.15, 0.2) is 69.9 Å². The van der Waals surface area contributed by atoms with E-state index in [1.54, 1.807) is 24.3 Å². The van der Waals surface area contributed by atoms with Crippen molar-refractivity contribution in [3.8, 4) is 0 Å². The molecule has 150 valence electrons. The minimum atomic E-state index is -0.394. The average molecular weight is 392 g/mol. The molecule has 29 heavy (non-hydrogen) atoms. The quantitative estimate of drug-likeness (QED) is 0.723. The van der Waals surface area contributed by atoms with E-state index in [1.165, 1.54) is 6.07 Å². The number of morpholine rings is 1. The number of carbonyl (C=O) groups excluding carboxylic acids is 1. The Morgan fingerprint density at radius 1 is 1.03 bits per heavy atom. The largest absolute Gasteiger partial charge is 0.451 e. The summed E-state index contributed by atoms with van der Waals surface area (Å²) >= 11 is 0. The molecule has 2 atom stereocenters. The normalized spacial score (nSPS) is 17.0. The van der Waals surface area contributed by atoms with Crippen molar-refractivity contribution in [3.05, 3.63) is 82.2 Å². The van der Waals surface area contributed by atoms with Crippen molar-refractivity contribution in [2.75, 3.05) is 26.3 Å². The second-order valence-electron chi connectivity index (χ2n) is 7.24. The van der Waals surface area contributed by atoms with Gasteiger partial charge in [-0.25, -0.2) is 0 Å². The van der Waals surface area contributed by atoms with Gasteiger partial charge in [-0.1, -0.05) is 42.5 Å². The maximum Gasteiger partial charge on any atom is 0.287 e. The van der Waals surface area contributed by atoms with Gasteiger partial charge in [0.15, 0.2) is 11.2 Å². The summed E-state index contributed by atoms with van der Waals surface area (Å²) in [6, 6.07) is 18.1. The van der Waals surface area contributed by atoms with Gasteiger partial charge < -0.3 is 14.5 Å². The number of para-hydroxylation sites is 1. The van der Waals surface area contributed by atoms with E-state index >= 15 is 0 Å². The van der Waals surface area contributed by atoms with Crippen molar-refractivity contribution in [3.63, 3.8) is 0 Å². The highest BCUT2D eigenvalue weighted by atomic mass is 16.5. The molecule has 1 amide bonds. The van der Waals surface area contributed by atoms with E-state index in [0.29, 0.717) is 24.2 Å². The molecule has 3 aromatic rings. The summed E-state index contributed by atoms with van der Waals surface area (Å²) in [4.78, 5) is 27.5. The van der Waals surface area contributed by atoms with Gasteiger partial charge in [0, 0.05) is 25.2 Å². The molecule has 1 aromatic heterocycles. The van der Waals surface area contributed by atoms with Gasteiger partial charge in [-0.15, -0.1) is 0 Å². The van der Waals surface area contributed by atoms with Gasteiger partial charge in [-0.3, -0.25) is 14.5 Å². The fraction of sp³-hybridized carbons (Fsp3) is 0.304. The smallest absolute Gasteiger partial charge is 0.287 e. The maximum atomic E-state index is 12.9. The fourth-order valence-corrected chi connectivity index (χ4v) is 3.89. The number of hydrogen-bond acceptors (Lipinski definition) is 5. The number of rotatable bonds is 5. The molecule has 6 nitrogen and oxygen atoms in total. The van der Waals surface area contributed by atoms with Crippen LogP contribution in [0.5, 0.6) is 0 Å². The number of carbonyl (C=O) groups is 1. The molecule has 0 spiro atoms. The Morgan fingerprint density at radius 2 is 1.72 bits per heavy atom. The third-order valence-electron chi connectivity index (χ3n) is 5.27. The molecule has 1 N–H and O–H groups in total. The number of hydrogen-bond donors (Lipinski definition) is 1. The molecule has 1 aliphatic heterocycles. The molecule has 2 aromatic carbocycles. The van der Waals surface area contributed by atoms with Gasteiger partial charge in [0.2, 0.25) is 0 Å². The highest BCUT2D eigenvalue weighted by molar-refractivity contribution is 5.93. The second-order valence-corrected chi connectivity index (χ2v) is 7.24. The summed E-state index contributed by atoms with van der Waals surface area (Å²) in [7, 11) is 0. The monoisotopic (exact) mass is 392 g/mol. The van der Waals surface area contributed by atoms with Crippen molar-refractivity contribution in [2.24, 2.45) is 0 Å². The first-order chi connectivity index (χ1) is 14.1. The lowest BCUT2D eigenvalue weighted by atomic mass is 9.98. The first-order valence-corrected chi connectivity index (χ1v) is 9.84. The Morgan fingerprint density at radius 3 is 2.48 bits per heavy atom. The zero-order valence-corrected chi connectivity index (χ0v) is 16.3. The van der Waals surface area contributed by atoms with E-state index in [9.17, 15) is 9.59 Å². The van der Waals surface area contributed by atoms with Crippen molar-refractivity contribution < 1.29 is 13.9 Å². The molecule has 0 unspecified atom stereocenters. The van der Waals surface area contributed by atoms with E-state index in [4.69, 9.17) is 9.15 Å². The molecule has 0 radical (unpaired) electrons. The summed E-state index contributed by atoms with van der Waals surface area (Å²) in [5.41, 5.74) is 1.31. The van der Waals surface area contributed by atoms with Crippen molar-refractivity contribution >= 4 is 16.9 Å². The summed E-state index contributed by atoms with van der Waals surface area (Å²) in [6.07, 6.45) is 0. The summed E-state index contributed by atoms with van der Waals surface area (Å²) in [6.45, 7) is 4.91. The average Bonchev–Trinajstić information content (AvgIpc) is 2.75. The van der Waals surface area contributed by atoms with E-state index < -0.39 is 5.91 Å². The van der Waals surface area contributed by atoms with Gasteiger partial charge in [-0.05, 0) is 24.6 Å². The Kier molecular flexibility index (Phi) is 5.74. The van der Waals surface area contributed by atoms with Crippen molar-refractivity contribution in [2.45, 2.75) is 19.0 Å². The van der Waals surface area contributed by atoms with E-state index in [0.717, 1.165) is 18.7 Å². The standard InChI is InChI=1S/C23H24N2O4/c1-16(22(17-7-3-2-4-8-17)25-11-13-28-14-12-25)24-23(27)21-15-19(26)18-9-5-6-10-20(18)29-21/h2-10,15-16,22H,11-14H2,1H3,(H,24,27)/t16-,22-/m1/s1. The molecule has 6 heteroatoms. The van der Waals surface area contributed by atoms with Gasteiger partial charge >= 0.3 is 0 Å². The van der Waals surface area contributed by atoms with Gasteiger partial charge in [0.05, 0.1) is 24.6 Å². The number of nitrogens with zero attached hydrogens (tertiary/aromatic N) is 1. The lowest BCUT2D eigenvalue weighted by Gasteiger charge is -2.38. The SMILES string of the molecule is C[C@@H](NC(=O)c1cc(=O)c2ccccc2o1)[C@H](c1ccccc1)N1CCOCC1. The van der Waals surface area contributed by atoms with Crippen molar-refractivity contribution in [1.82, 2.24) is 10.2 Å².